The van der Waals surface area contributed by atoms with E-state index in [0.717, 1.165) is 30.6 Å². The number of nitrogens with one attached hydrogen (secondary N) is 2. The number of alkyl halides is 3. The van der Waals surface area contributed by atoms with Crippen LogP contribution in [0.3, 0.4) is 0 Å². The third-order valence-electron chi connectivity index (χ3n) is 4.26. The molecule has 3 rings (SSSR count). The largest absolute Gasteiger partial charge is 0.573 e. The Balaban J connectivity index is 1.63. The molecule has 7 heteroatoms. The summed E-state index contributed by atoms with van der Waals surface area (Å²) in [5.74, 6) is -0.449. The van der Waals surface area contributed by atoms with Gasteiger partial charge in [-0.3, -0.25) is 4.79 Å². The third-order valence-corrected chi connectivity index (χ3v) is 4.26. The second-order valence-corrected chi connectivity index (χ2v) is 6.03. The summed E-state index contributed by atoms with van der Waals surface area (Å²) < 4.78 is 41.4. The van der Waals surface area contributed by atoms with Gasteiger partial charge < -0.3 is 15.4 Å². The van der Waals surface area contributed by atoms with Gasteiger partial charge in [-0.25, -0.2) is 0 Å². The topological polar surface area (TPSA) is 50.4 Å². The van der Waals surface area contributed by atoms with Crippen molar-refractivity contribution in [2.24, 2.45) is 0 Å². The van der Waals surface area contributed by atoms with Crippen molar-refractivity contribution >= 4 is 5.91 Å². The first-order valence-corrected chi connectivity index (χ1v) is 8.37. The van der Waals surface area contributed by atoms with Gasteiger partial charge in [0.05, 0.1) is 0 Å². The van der Waals surface area contributed by atoms with Gasteiger partial charge in [0, 0.05) is 18.7 Å². The van der Waals surface area contributed by atoms with Gasteiger partial charge in [0.1, 0.15) is 5.75 Å². The van der Waals surface area contributed by atoms with Crippen LogP contribution < -0.4 is 15.4 Å². The predicted molar refractivity (Wildman–Crippen MR) is 91.0 cm³/mol. The number of hydrogen-bond acceptors (Lipinski definition) is 3. The summed E-state index contributed by atoms with van der Waals surface area (Å²) in [7, 11) is 0. The molecule has 0 aromatic heterocycles. The molecule has 1 aliphatic rings. The minimum Gasteiger partial charge on any atom is -0.406 e. The highest BCUT2D eigenvalue weighted by Gasteiger charge is 2.31. The lowest BCUT2D eigenvalue weighted by Gasteiger charge is -2.20. The van der Waals surface area contributed by atoms with Crippen LogP contribution in [0.4, 0.5) is 13.2 Å². The fourth-order valence-corrected chi connectivity index (χ4v) is 3.09. The Morgan fingerprint density at radius 1 is 1.15 bits per heavy atom. The molecule has 0 aliphatic carbocycles. The van der Waals surface area contributed by atoms with Crippen LogP contribution in [0, 0.1) is 0 Å². The van der Waals surface area contributed by atoms with E-state index in [-0.39, 0.29) is 24.6 Å². The number of carbonyl (C=O) groups is 1. The van der Waals surface area contributed by atoms with E-state index in [1.807, 2.05) is 12.1 Å². The van der Waals surface area contributed by atoms with Gasteiger partial charge in [0.2, 0.25) is 0 Å². The summed E-state index contributed by atoms with van der Waals surface area (Å²) in [4.78, 5) is 12.5. The number of carbonyl (C=O) groups excluding carboxylic acids is 1. The zero-order chi connectivity index (χ0) is 18.6. The monoisotopic (exact) mass is 364 g/mol. The van der Waals surface area contributed by atoms with Gasteiger partial charge in [-0.1, -0.05) is 30.3 Å². The second kappa shape index (κ2) is 7.78. The average molecular weight is 364 g/mol. The minimum absolute atomic E-state index is 0.210. The Morgan fingerprint density at radius 2 is 1.96 bits per heavy atom. The SMILES string of the molecule is O=C(NCCc1ccccc1OC(F)(F)F)c1cccc2c1CCNC2. The number of fused-ring (bicyclic) bond motifs is 1. The Hall–Kier alpha value is -2.54. The molecule has 0 radical (unpaired) electrons. The molecule has 138 valence electrons. The van der Waals surface area contributed by atoms with Crippen LogP contribution in [0.15, 0.2) is 42.5 Å². The second-order valence-electron chi connectivity index (χ2n) is 6.03. The molecule has 0 saturated carbocycles. The molecule has 0 saturated heterocycles. The molecule has 0 spiro atoms. The molecule has 1 aliphatic heterocycles. The Labute approximate surface area is 149 Å². The van der Waals surface area contributed by atoms with Gasteiger partial charge in [0.25, 0.3) is 5.91 Å². The lowest BCUT2D eigenvalue weighted by Crippen LogP contribution is -2.30. The summed E-state index contributed by atoms with van der Waals surface area (Å²) >= 11 is 0. The van der Waals surface area contributed by atoms with Crippen LogP contribution in [0.25, 0.3) is 0 Å². The zero-order valence-electron chi connectivity index (χ0n) is 14.0. The van der Waals surface area contributed by atoms with Crippen LogP contribution in [0.2, 0.25) is 0 Å². The number of hydrogen-bond donors (Lipinski definition) is 2. The van der Waals surface area contributed by atoms with Crippen molar-refractivity contribution in [3.05, 3.63) is 64.7 Å². The summed E-state index contributed by atoms with van der Waals surface area (Å²) in [6.45, 7) is 1.77. The average Bonchev–Trinajstić information content (AvgIpc) is 2.61. The first-order valence-electron chi connectivity index (χ1n) is 8.37. The molecule has 1 amide bonds. The van der Waals surface area contributed by atoms with Crippen LogP contribution in [-0.4, -0.2) is 25.4 Å². The number of para-hydroxylation sites is 1. The van der Waals surface area contributed by atoms with Crippen molar-refractivity contribution in [3.63, 3.8) is 0 Å². The van der Waals surface area contributed by atoms with Gasteiger partial charge in [-0.2, -0.15) is 0 Å². The van der Waals surface area contributed by atoms with Crippen LogP contribution in [0.5, 0.6) is 5.75 Å². The zero-order valence-corrected chi connectivity index (χ0v) is 14.0. The minimum atomic E-state index is -4.74. The van der Waals surface area contributed by atoms with Crippen molar-refractivity contribution in [1.82, 2.24) is 10.6 Å². The molecule has 0 fully saturated rings. The van der Waals surface area contributed by atoms with Crippen molar-refractivity contribution in [2.75, 3.05) is 13.1 Å². The fourth-order valence-electron chi connectivity index (χ4n) is 3.09. The predicted octanol–water partition coefficient (Wildman–Crippen LogP) is 3.20. The Morgan fingerprint density at radius 3 is 2.77 bits per heavy atom. The van der Waals surface area contributed by atoms with E-state index >= 15 is 0 Å². The standard InChI is InChI=1S/C19H19F3N2O2/c20-19(21,22)26-17-7-2-1-4-13(17)8-11-24-18(25)16-6-3-5-14-12-23-10-9-15(14)16/h1-7,23H,8-12H2,(H,24,25). The van der Waals surface area contributed by atoms with Gasteiger partial charge in [0.15, 0.2) is 0 Å². The summed E-state index contributed by atoms with van der Waals surface area (Å²) in [6, 6.07) is 11.6. The molecule has 1 heterocycles. The van der Waals surface area contributed by atoms with Crippen LogP contribution in [-0.2, 0) is 19.4 Å². The molecule has 4 nitrogen and oxygen atoms in total. The van der Waals surface area contributed by atoms with E-state index < -0.39 is 6.36 Å². The highest BCUT2D eigenvalue weighted by atomic mass is 19.4. The van der Waals surface area contributed by atoms with E-state index in [1.165, 1.54) is 12.1 Å². The molecule has 26 heavy (non-hydrogen) atoms. The number of ether oxygens (including phenoxy) is 1. The normalized spacial score (nSPS) is 13.8. The van der Waals surface area contributed by atoms with Gasteiger partial charge in [-0.15, -0.1) is 13.2 Å². The van der Waals surface area contributed by atoms with Crippen molar-refractivity contribution < 1.29 is 22.7 Å². The molecule has 2 aromatic rings. The van der Waals surface area contributed by atoms with Crippen molar-refractivity contribution in [1.29, 1.82) is 0 Å². The first-order chi connectivity index (χ1) is 12.4. The highest BCUT2D eigenvalue weighted by molar-refractivity contribution is 5.96. The molecule has 2 N–H and O–H groups in total. The summed E-state index contributed by atoms with van der Waals surface area (Å²) in [5.41, 5.74) is 3.16. The number of rotatable bonds is 5. The van der Waals surface area contributed by atoms with E-state index in [0.29, 0.717) is 11.1 Å². The Kier molecular flexibility index (Phi) is 5.46. The lowest BCUT2D eigenvalue weighted by atomic mass is 9.95. The van der Waals surface area contributed by atoms with E-state index in [4.69, 9.17) is 0 Å². The summed E-state index contributed by atoms with van der Waals surface area (Å²) in [6.07, 6.45) is -3.72. The van der Waals surface area contributed by atoms with E-state index in [9.17, 15) is 18.0 Å². The number of halogens is 3. The van der Waals surface area contributed by atoms with Crippen molar-refractivity contribution in [3.8, 4) is 5.75 Å². The van der Waals surface area contributed by atoms with E-state index in [1.54, 1.807) is 18.2 Å². The molecule has 0 atom stereocenters. The first kappa shape index (κ1) is 18.3. The molecule has 0 unspecified atom stereocenters. The highest BCUT2D eigenvalue weighted by Crippen LogP contribution is 2.26. The molecule has 0 bridgehead atoms. The summed E-state index contributed by atoms with van der Waals surface area (Å²) in [5, 5.41) is 6.05. The third kappa shape index (κ3) is 4.54. The maximum absolute atomic E-state index is 12.5. The van der Waals surface area contributed by atoms with Crippen molar-refractivity contribution in [2.45, 2.75) is 25.7 Å². The number of amides is 1. The maximum atomic E-state index is 12.5. The fraction of sp³-hybridized carbons (Fsp3) is 0.316. The Bertz CT molecular complexity index is 791. The maximum Gasteiger partial charge on any atom is 0.573 e. The van der Waals surface area contributed by atoms with E-state index in [2.05, 4.69) is 15.4 Å². The molecular weight excluding hydrogens is 345 g/mol. The quantitative estimate of drug-likeness (QED) is 0.857. The molecule has 2 aromatic carbocycles. The molecular formula is C19H19F3N2O2. The lowest BCUT2D eigenvalue weighted by molar-refractivity contribution is -0.274. The van der Waals surface area contributed by atoms with Gasteiger partial charge >= 0.3 is 6.36 Å². The van der Waals surface area contributed by atoms with Crippen LogP contribution >= 0.6 is 0 Å². The number of benzene rings is 2. The smallest absolute Gasteiger partial charge is 0.406 e. The van der Waals surface area contributed by atoms with Crippen LogP contribution in [0.1, 0.15) is 27.0 Å². The van der Waals surface area contributed by atoms with Gasteiger partial charge in [-0.05, 0) is 48.2 Å².